The molecular formula is C27H27BrN4O4. The third-order valence-electron chi connectivity index (χ3n) is 7.83. The van der Waals surface area contributed by atoms with Gasteiger partial charge < -0.3 is 36.6 Å². The Hall–Kier alpha value is -3.14. The minimum Gasteiger partial charge on any atom is -1.00 e. The Labute approximate surface area is 219 Å². The fraction of sp³-hybridized carbons (Fsp3) is 0.333. The first-order chi connectivity index (χ1) is 17.0. The zero-order chi connectivity index (χ0) is 24.0. The third kappa shape index (κ3) is 4.01. The summed E-state index contributed by atoms with van der Waals surface area (Å²) in [5.74, 6) is -0.118. The van der Waals surface area contributed by atoms with Gasteiger partial charge in [0.05, 0.1) is 19.3 Å². The van der Waals surface area contributed by atoms with E-state index >= 15 is 0 Å². The Morgan fingerprint density at radius 1 is 1.03 bits per heavy atom. The van der Waals surface area contributed by atoms with E-state index in [1.807, 2.05) is 36.4 Å². The van der Waals surface area contributed by atoms with Crippen molar-refractivity contribution in [3.63, 3.8) is 0 Å². The lowest BCUT2D eigenvalue weighted by Crippen LogP contribution is -3.00. The predicted octanol–water partition coefficient (Wildman–Crippen LogP) is -0.512. The van der Waals surface area contributed by atoms with E-state index in [0.29, 0.717) is 28.0 Å². The number of hydrogen-bond acceptors (Lipinski definition) is 6. The SMILES string of the molecule is O=C(C[N+]12CCC(CC1)[C@@H](OC(=O)C1(O)c3ccccc3-c3ccccc31)C2)Nc1cnccn1.[Br-]. The predicted molar refractivity (Wildman–Crippen MR) is 128 cm³/mol. The van der Waals surface area contributed by atoms with E-state index in [4.69, 9.17) is 4.74 Å². The van der Waals surface area contributed by atoms with Crippen LogP contribution in [0.15, 0.2) is 67.1 Å². The number of hydrogen-bond donors (Lipinski definition) is 2. The van der Waals surface area contributed by atoms with Gasteiger partial charge in [-0.25, -0.2) is 9.78 Å². The van der Waals surface area contributed by atoms with Crippen LogP contribution in [0.3, 0.4) is 0 Å². The first kappa shape index (κ1) is 24.5. The summed E-state index contributed by atoms with van der Waals surface area (Å²) in [6.45, 7) is 2.57. The highest BCUT2D eigenvalue weighted by Crippen LogP contribution is 2.48. The lowest BCUT2D eigenvalue weighted by atomic mass is 9.82. The molecule has 0 spiro atoms. The molecule has 8 nitrogen and oxygen atoms in total. The molecule has 1 amide bonds. The second-order valence-electron chi connectivity index (χ2n) is 9.85. The summed E-state index contributed by atoms with van der Waals surface area (Å²) in [6, 6.07) is 14.9. The van der Waals surface area contributed by atoms with E-state index in [2.05, 4.69) is 15.3 Å². The maximum absolute atomic E-state index is 13.6. The van der Waals surface area contributed by atoms with Crippen LogP contribution in [0.4, 0.5) is 5.82 Å². The summed E-state index contributed by atoms with van der Waals surface area (Å²) in [7, 11) is 0. The monoisotopic (exact) mass is 550 g/mol. The topological polar surface area (TPSA) is 101 Å². The minimum absolute atomic E-state index is 0. The van der Waals surface area contributed by atoms with Crippen LogP contribution >= 0.6 is 0 Å². The van der Waals surface area contributed by atoms with Gasteiger partial charge in [0.2, 0.25) is 5.60 Å². The molecule has 3 aliphatic heterocycles. The smallest absolute Gasteiger partial charge is 0.348 e. The van der Waals surface area contributed by atoms with E-state index in [9.17, 15) is 14.7 Å². The van der Waals surface area contributed by atoms with Gasteiger partial charge in [-0.3, -0.25) is 9.78 Å². The van der Waals surface area contributed by atoms with Crippen LogP contribution in [0.25, 0.3) is 11.1 Å². The number of fused-ring (bicyclic) bond motifs is 6. The lowest BCUT2D eigenvalue weighted by Gasteiger charge is -2.51. The van der Waals surface area contributed by atoms with Gasteiger partial charge in [0, 0.05) is 42.3 Å². The number of anilines is 1. The first-order valence-electron chi connectivity index (χ1n) is 12.0. The standard InChI is InChI=1S/C27H26N4O4.BrH/c32-25(30-24-15-28-11-12-29-24)17-31-13-9-18(10-14-31)23(16-31)35-26(33)27(34)21-7-3-1-5-19(21)20-6-2-4-8-22(20)27;/h1-8,11-12,15,18,23,34H,9-10,13-14,16-17H2;1H/t18?,23-,31?;/m0./s1. The van der Waals surface area contributed by atoms with Crippen LogP contribution in [0.1, 0.15) is 24.0 Å². The van der Waals surface area contributed by atoms with Gasteiger partial charge in [0.25, 0.3) is 5.91 Å². The van der Waals surface area contributed by atoms with E-state index < -0.39 is 11.6 Å². The van der Waals surface area contributed by atoms with Gasteiger partial charge in [-0.2, -0.15) is 0 Å². The van der Waals surface area contributed by atoms with Crippen molar-refractivity contribution in [3.8, 4) is 11.1 Å². The van der Waals surface area contributed by atoms with Gasteiger partial charge in [-0.15, -0.1) is 0 Å². The number of esters is 1. The van der Waals surface area contributed by atoms with Crippen LogP contribution < -0.4 is 22.3 Å². The molecule has 0 unspecified atom stereocenters. The number of carbonyl (C=O) groups excluding carboxylic acids is 2. The number of nitrogens with zero attached hydrogens (tertiary/aromatic N) is 3. The molecule has 9 heteroatoms. The molecule has 3 aromatic rings. The van der Waals surface area contributed by atoms with Crippen molar-refractivity contribution >= 4 is 17.7 Å². The average Bonchev–Trinajstić information content (AvgIpc) is 3.15. The number of quaternary nitrogens is 1. The summed E-state index contributed by atoms with van der Waals surface area (Å²) in [5, 5.41) is 14.6. The molecule has 36 heavy (non-hydrogen) atoms. The molecule has 2 aromatic carbocycles. The fourth-order valence-corrected chi connectivity index (χ4v) is 6.08. The van der Waals surface area contributed by atoms with Crippen molar-refractivity contribution in [1.82, 2.24) is 9.97 Å². The largest absolute Gasteiger partial charge is 1.00 e. The maximum atomic E-state index is 13.6. The highest BCUT2D eigenvalue weighted by molar-refractivity contribution is 5.96. The minimum atomic E-state index is -1.84. The molecule has 1 aromatic heterocycles. The maximum Gasteiger partial charge on any atom is 0.348 e. The molecule has 1 atom stereocenters. The van der Waals surface area contributed by atoms with Gasteiger partial charge in [-0.05, 0) is 11.1 Å². The molecule has 4 heterocycles. The number of amides is 1. The molecule has 7 rings (SSSR count). The van der Waals surface area contributed by atoms with Crippen LogP contribution in [-0.2, 0) is 19.9 Å². The number of aromatic nitrogens is 2. The van der Waals surface area contributed by atoms with Gasteiger partial charge in [0.1, 0.15) is 6.54 Å². The van der Waals surface area contributed by atoms with E-state index in [-0.39, 0.29) is 41.5 Å². The number of aliphatic hydroxyl groups is 1. The molecule has 0 radical (unpaired) electrons. The zero-order valence-electron chi connectivity index (χ0n) is 19.6. The molecule has 3 saturated heterocycles. The Kier molecular flexibility index (Phi) is 6.40. The van der Waals surface area contributed by atoms with Crippen molar-refractivity contribution in [2.75, 3.05) is 31.5 Å². The molecule has 186 valence electrons. The molecule has 0 saturated carbocycles. The van der Waals surface area contributed by atoms with E-state index in [0.717, 1.165) is 37.1 Å². The summed E-state index contributed by atoms with van der Waals surface area (Å²) in [6.07, 6.45) is 6.01. The Balaban J connectivity index is 0.00000267. The molecule has 2 N–H and O–H groups in total. The van der Waals surface area contributed by atoms with Crippen LogP contribution in [0.2, 0.25) is 0 Å². The molecule has 2 bridgehead atoms. The number of benzene rings is 2. The van der Waals surface area contributed by atoms with Crippen molar-refractivity contribution in [2.45, 2.75) is 24.5 Å². The summed E-state index contributed by atoms with van der Waals surface area (Å²) < 4.78 is 6.65. The van der Waals surface area contributed by atoms with Crippen LogP contribution in [0.5, 0.6) is 0 Å². The molecular weight excluding hydrogens is 524 g/mol. The van der Waals surface area contributed by atoms with Gasteiger partial charge in [-0.1, -0.05) is 48.5 Å². The second kappa shape index (κ2) is 9.38. The lowest BCUT2D eigenvalue weighted by molar-refractivity contribution is -0.939. The first-order valence-corrected chi connectivity index (χ1v) is 12.0. The Bertz CT molecular complexity index is 1250. The van der Waals surface area contributed by atoms with Crippen molar-refractivity contribution < 1.29 is 40.9 Å². The van der Waals surface area contributed by atoms with E-state index in [1.165, 1.54) is 12.4 Å². The zero-order valence-corrected chi connectivity index (χ0v) is 21.2. The highest BCUT2D eigenvalue weighted by atomic mass is 79.9. The van der Waals surface area contributed by atoms with Crippen molar-refractivity contribution in [3.05, 3.63) is 78.2 Å². The number of nitrogens with one attached hydrogen (secondary N) is 1. The molecule has 4 aliphatic rings. The Morgan fingerprint density at radius 2 is 1.67 bits per heavy atom. The average molecular weight is 551 g/mol. The summed E-state index contributed by atoms with van der Waals surface area (Å²) in [4.78, 5) is 34.5. The highest BCUT2D eigenvalue weighted by Gasteiger charge is 2.53. The number of rotatable bonds is 5. The molecule has 3 fully saturated rings. The molecule has 1 aliphatic carbocycles. The van der Waals surface area contributed by atoms with Crippen molar-refractivity contribution in [2.24, 2.45) is 5.92 Å². The van der Waals surface area contributed by atoms with Crippen LogP contribution in [0, 0.1) is 5.92 Å². The fourth-order valence-electron chi connectivity index (χ4n) is 6.08. The summed E-state index contributed by atoms with van der Waals surface area (Å²) >= 11 is 0. The van der Waals surface area contributed by atoms with Crippen molar-refractivity contribution in [1.29, 1.82) is 0 Å². The second-order valence-corrected chi connectivity index (χ2v) is 9.85. The third-order valence-corrected chi connectivity index (χ3v) is 7.83. The van der Waals surface area contributed by atoms with E-state index in [1.54, 1.807) is 18.3 Å². The number of ether oxygens (including phenoxy) is 1. The number of piperidine rings is 3. The van der Waals surface area contributed by atoms with Gasteiger partial charge in [0.15, 0.2) is 18.5 Å². The Morgan fingerprint density at radius 3 is 2.28 bits per heavy atom. The number of halogens is 1. The number of carbonyl (C=O) groups is 2. The van der Waals surface area contributed by atoms with Crippen LogP contribution in [-0.4, -0.2) is 63.7 Å². The quantitative estimate of drug-likeness (QED) is 0.327. The normalized spacial score (nSPS) is 24.7. The summed E-state index contributed by atoms with van der Waals surface area (Å²) in [5.41, 5.74) is 0.966. The van der Waals surface area contributed by atoms with Gasteiger partial charge >= 0.3 is 5.97 Å².